The van der Waals surface area contributed by atoms with Crippen molar-refractivity contribution in [2.75, 3.05) is 6.61 Å². The summed E-state index contributed by atoms with van der Waals surface area (Å²) in [6.07, 6.45) is 10.7. The summed E-state index contributed by atoms with van der Waals surface area (Å²) in [7, 11) is 0. The van der Waals surface area contributed by atoms with Crippen LogP contribution in [0.5, 0.6) is 0 Å². The van der Waals surface area contributed by atoms with Crippen LogP contribution < -0.4 is 10.9 Å². The molecule has 1 saturated heterocycles. The number of nitrogens with one attached hydrogen (secondary N) is 1. The minimum atomic E-state index is -0.270. The predicted octanol–water partition coefficient (Wildman–Crippen LogP) is 1.84. The van der Waals surface area contributed by atoms with E-state index in [1.807, 2.05) is 17.7 Å². The van der Waals surface area contributed by atoms with Crippen molar-refractivity contribution < 1.29 is 9.53 Å². The Bertz CT molecular complexity index is 862. The molecule has 1 aliphatic heterocycles. The average molecular weight is 385 g/mol. The number of nitrogens with zero attached hydrogens (tertiary/aromatic N) is 4. The second-order valence-corrected chi connectivity index (χ2v) is 7.82. The Balaban J connectivity index is 1.41. The molecular formula is C20H27N5O3. The van der Waals surface area contributed by atoms with Gasteiger partial charge in [-0.15, -0.1) is 0 Å². The van der Waals surface area contributed by atoms with Crippen LogP contribution in [0.15, 0.2) is 29.7 Å². The highest BCUT2D eigenvalue weighted by Crippen LogP contribution is 2.27. The smallest absolute Gasteiger partial charge is 0.263 e. The molecule has 150 valence electrons. The Kier molecular flexibility index (Phi) is 5.57. The highest BCUT2D eigenvalue weighted by atomic mass is 16.5. The van der Waals surface area contributed by atoms with Crippen molar-refractivity contribution in [3.8, 4) is 0 Å². The molecule has 2 aromatic heterocycles. The maximum Gasteiger partial charge on any atom is 0.263 e. The lowest BCUT2D eigenvalue weighted by atomic mass is 9.91. The first-order valence-corrected chi connectivity index (χ1v) is 10.1. The molecule has 1 atom stereocenters. The Labute approximate surface area is 163 Å². The molecule has 28 heavy (non-hydrogen) atoms. The Morgan fingerprint density at radius 3 is 2.79 bits per heavy atom. The molecule has 2 fully saturated rings. The summed E-state index contributed by atoms with van der Waals surface area (Å²) in [5.41, 5.74) is 0.727. The van der Waals surface area contributed by atoms with Gasteiger partial charge in [-0.2, -0.15) is 5.10 Å². The van der Waals surface area contributed by atoms with Gasteiger partial charge in [-0.1, -0.05) is 0 Å². The summed E-state index contributed by atoms with van der Waals surface area (Å²) in [6.45, 7) is 3.06. The quantitative estimate of drug-likeness (QED) is 0.848. The average Bonchev–Trinajstić information content (AvgIpc) is 3.39. The van der Waals surface area contributed by atoms with Crippen LogP contribution in [0.25, 0.3) is 0 Å². The van der Waals surface area contributed by atoms with Gasteiger partial charge in [0, 0.05) is 18.8 Å². The van der Waals surface area contributed by atoms with E-state index in [1.54, 1.807) is 23.4 Å². The van der Waals surface area contributed by atoms with Crippen molar-refractivity contribution in [2.24, 2.45) is 0 Å². The van der Waals surface area contributed by atoms with E-state index in [4.69, 9.17) is 4.74 Å². The van der Waals surface area contributed by atoms with E-state index in [1.165, 1.54) is 0 Å². The number of amides is 1. The van der Waals surface area contributed by atoms with Crippen molar-refractivity contribution >= 4 is 5.91 Å². The van der Waals surface area contributed by atoms with Gasteiger partial charge in [0.15, 0.2) is 0 Å². The van der Waals surface area contributed by atoms with E-state index in [2.05, 4.69) is 15.4 Å². The molecule has 2 aromatic rings. The van der Waals surface area contributed by atoms with Gasteiger partial charge < -0.3 is 14.6 Å². The lowest BCUT2D eigenvalue weighted by Gasteiger charge is -2.29. The van der Waals surface area contributed by atoms with E-state index >= 15 is 0 Å². The highest BCUT2D eigenvalue weighted by molar-refractivity contribution is 5.95. The maximum absolute atomic E-state index is 12.9. The third kappa shape index (κ3) is 4.01. The third-order valence-electron chi connectivity index (χ3n) is 5.87. The van der Waals surface area contributed by atoms with Crippen LogP contribution in [0.3, 0.4) is 0 Å². The number of ether oxygens (including phenoxy) is 1. The van der Waals surface area contributed by atoms with Crippen molar-refractivity contribution in [3.05, 3.63) is 46.4 Å². The van der Waals surface area contributed by atoms with Crippen LogP contribution >= 0.6 is 0 Å². The van der Waals surface area contributed by atoms with E-state index in [9.17, 15) is 9.59 Å². The number of pyridine rings is 1. The molecular weight excluding hydrogens is 358 g/mol. The Morgan fingerprint density at radius 1 is 1.29 bits per heavy atom. The van der Waals surface area contributed by atoms with E-state index in [0.29, 0.717) is 18.2 Å². The van der Waals surface area contributed by atoms with Gasteiger partial charge in [-0.25, -0.2) is 9.67 Å². The second-order valence-electron chi connectivity index (χ2n) is 7.82. The van der Waals surface area contributed by atoms with Crippen molar-refractivity contribution in [1.82, 2.24) is 24.6 Å². The number of aromatic nitrogens is 4. The topological polar surface area (TPSA) is 91.0 Å². The lowest BCUT2D eigenvalue weighted by Crippen LogP contribution is -2.42. The van der Waals surface area contributed by atoms with Gasteiger partial charge in [0.1, 0.15) is 18.2 Å². The van der Waals surface area contributed by atoms with Gasteiger partial charge in [0.25, 0.3) is 11.5 Å². The SMILES string of the molecule is Cc1ccn(CC2CCCO2)c(=O)c1C(=O)NC1CCC(n2cncn2)CC1. The van der Waals surface area contributed by atoms with Gasteiger partial charge in [0.2, 0.25) is 0 Å². The minimum Gasteiger partial charge on any atom is -0.376 e. The van der Waals surface area contributed by atoms with E-state index in [-0.39, 0.29) is 29.2 Å². The van der Waals surface area contributed by atoms with Crippen LogP contribution in [-0.2, 0) is 11.3 Å². The molecule has 0 spiro atoms. The molecule has 1 N–H and O–H groups in total. The minimum absolute atomic E-state index is 0.0587. The summed E-state index contributed by atoms with van der Waals surface area (Å²) < 4.78 is 9.14. The number of hydrogen-bond donors (Lipinski definition) is 1. The largest absolute Gasteiger partial charge is 0.376 e. The van der Waals surface area contributed by atoms with E-state index in [0.717, 1.165) is 45.1 Å². The number of rotatable bonds is 5. The van der Waals surface area contributed by atoms with Crippen LogP contribution in [0.4, 0.5) is 0 Å². The fourth-order valence-electron chi connectivity index (χ4n) is 4.24. The zero-order chi connectivity index (χ0) is 19.5. The van der Waals surface area contributed by atoms with Gasteiger partial charge in [-0.3, -0.25) is 9.59 Å². The lowest BCUT2D eigenvalue weighted by molar-refractivity contribution is 0.0906. The van der Waals surface area contributed by atoms with Crippen LogP contribution in [0.1, 0.15) is 60.5 Å². The number of carbonyl (C=O) groups is 1. The standard InChI is InChI=1S/C20H27N5O3/c1-14-8-9-24(11-17-3-2-10-28-17)20(27)18(14)19(26)23-15-4-6-16(7-5-15)25-13-21-12-22-25/h8-9,12-13,15-17H,2-7,10-11H2,1H3,(H,23,26). The molecule has 4 rings (SSSR count). The summed E-state index contributed by atoms with van der Waals surface area (Å²) in [5.74, 6) is -0.270. The van der Waals surface area contributed by atoms with Gasteiger partial charge >= 0.3 is 0 Å². The highest BCUT2D eigenvalue weighted by Gasteiger charge is 2.26. The molecule has 1 unspecified atom stereocenters. The zero-order valence-electron chi connectivity index (χ0n) is 16.2. The molecule has 8 heteroatoms. The monoisotopic (exact) mass is 385 g/mol. The first-order valence-electron chi connectivity index (χ1n) is 10.1. The predicted molar refractivity (Wildman–Crippen MR) is 103 cm³/mol. The first kappa shape index (κ1) is 18.9. The zero-order valence-corrected chi connectivity index (χ0v) is 16.2. The molecule has 1 amide bonds. The van der Waals surface area contributed by atoms with E-state index < -0.39 is 0 Å². The molecule has 3 heterocycles. The number of hydrogen-bond acceptors (Lipinski definition) is 5. The number of carbonyl (C=O) groups excluding carboxylic acids is 1. The van der Waals surface area contributed by atoms with Crippen LogP contribution in [0.2, 0.25) is 0 Å². The van der Waals surface area contributed by atoms with Crippen molar-refractivity contribution in [3.63, 3.8) is 0 Å². The summed E-state index contributed by atoms with van der Waals surface area (Å²) in [4.78, 5) is 29.8. The maximum atomic E-state index is 12.9. The molecule has 1 aliphatic carbocycles. The fraction of sp³-hybridized carbons (Fsp3) is 0.600. The van der Waals surface area contributed by atoms with Crippen molar-refractivity contribution in [1.29, 1.82) is 0 Å². The molecule has 0 aromatic carbocycles. The fourth-order valence-corrected chi connectivity index (χ4v) is 4.24. The molecule has 0 radical (unpaired) electrons. The normalized spacial score (nSPS) is 25.0. The Hall–Kier alpha value is -2.48. The molecule has 2 aliphatic rings. The first-order chi connectivity index (χ1) is 13.6. The summed E-state index contributed by atoms with van der Waals surface area (Å²) in [5, 5.41) is 7.29. The van der Waals surface area contributed by atoms with Crippen molar-refractivity contribution in [2.45, 2.75) is 70.2 Å². The van der Waals surface area contributed by atoms with Crippen LogP contribution in [0, 0.1) is 6.92 Å². The summed E-state index contributed by atoms with van der Waals surface area (Å²) in [6, 6.07) is 2.25. The molecule has 8 nitrogen and oxygen atoms in total. The Morgan fingerprint density at radius 2 is 2.11 bits per heavy atom. The van der Waals surface area contributed by atoms with Crippen LogP contribution in [-0.4, -0.2) is 44.0 Å². The molecule has 0 bridgehead atoms. The number of aryl methyl sites for hydroxylation is 1. The third-order valence-corrected chi connectivity index (χ3v) is 5.87. The van der Waals surface area contributed by atoms with Gasteiger partial charge in [-0.05, 0) is 57.1 Å². The van der Waals surface area contributed by atoms with Gasteiger partial charge in [0.05, 0.1) is 18.7 Å². The second kappa shape index (κ2) is 8.26. The molecule has 1 saturated carbocycles. The summed E-state index contributed by atoms with van der Waals surface area (Å²) >= 11 is 0.